The zero-order valence-corrected chi connectivity index (χ0v) is 18.5. The fraction of sp³-hybridized carbons (Fsp3) is 0.375. The van der Waals surface area contributed by atoms with Crippen molar-refractivity contribution in [1.82, 2.24) is 4.90 Å². The van der Waals surface area contributed by atoms with Crippen LogP contribution in [0.3, 0.4) is 0 Å². The van der Waals surface area contributed by atoms with E-state index in [2.05, 4.69) is 19.2 Å². The quantitative estimate of drug-likeness (QED) is 0.693. The highest BCUT2D eigenvalue weighted by atomic mass is 16.6. The second-order valence-corrected chi connectivity index (χ2v) is 8.14. The van der Waals surface area contributed by atoms with Crippen LogP contribution in [0.2, 0.25) is 0 Å². The van der Waals surface area contributed by atoms with Crippen LogP contribution < -0.4 is 14.8 Å². The first-order chi connectivity index (χ1) is 15.3. The molecule has 0 spiro atoms. The van der Waals surface area contributed by atoms with E-state index in [1.54, 1.807) is 12.1 Å². The molecule has 2 heterocycles. The van der Waals surface area contributed by atoms with E-state index >= 15 is 0 Å². The molecular weight excluding hydrogens is 412 g/mol. The number of anilines is 1. The minimum Gasteiger partial charge on any atom is -0.493 e. The zero-order chi connectivity index (χ0) is 23.0. The Morgan fingerprint density at radius 2 is 1.81 bits per heavy atom. The second kappa shape index (κ2) is 8.53. The number of hydrogen-bond acceptors (Lipinski definition) is 6. The molecule has 2 aliphatic heterocycles. The Labute approximate surface area is 186 Å². The Morgan fingerprint density at radius 1 is 1.09 bits per heavy atom. The van der Waals surface area contributed by atoms with Crippen molar-refractivity contribution in [1.29, 1.82) is 0 Å². The Bertz CT molecular complexity index is 1060. The number of nitrogens with one attached hydrogen (secondary N) is 1. The van der Waals surface area contributed by atoms with Crippen LogP contribution >= 0.6 is 0 Å². The summed E-state index contributed by atoms with van der Waals surface area (Å²) >= 11 is 0. The Morgan fingerprint density at radius 3 is 2.44 bits per heavy atom. The van der Waals surface area contributed by atoms with Crippen LogP contribution in [0, 0.1) is 0 Å². The number of rotatable bonds is 6. The number of carbonyl (C=O) groups is 3. The molecule has 0 unspecified atom stereocenters. The molecule has 0 radical (unpaired) electrons. The van der Waals surface area contributed by atoms with Gasteiger partial charge in [-0.25, -0.2) is 4.79 Å². The number of fused-ring (bicyclic) bond motifs is 1. The minimum atomic E-state index is -0.994. The highest BCUT2D eigenvalue weighted by Gasteiger charge is 2.47. The molecule has 1 fully saturated rings. The standard InChI is InChI=1S/C24H26N2O6/c1-13(2)14-5-7-15(8-6-14)25-22(28)17-10-12-19(27)26(17)23-16-9-11-18(30-3)21(31-4)20(16)24(29)32-23/h5-9,11,13,17,23H,10,12H2,1-4H3,(H,25,28)/t17-,23-/m1/s1. The molecule has 2 amide bonds. The van der Waals surface area contributed by atoms with Gasteiger partial charge in [-0.05, 0) is 42.2 Å². The van der Waals surface area contributed by atoms with Crippen LogP contribution in [0.1, 0.15) is 60.3 Å². The van der Waals surface area contributed by atoms with Crippen LogP contribution in [0.4, 0.5) is 5.69 Å². The monoisotopic (exact) mass is 438 g/mol. The van der Waals surface area contributed by atoms with Crippen molar-refractivity contribution in [2.45, 2.75) is 44.9 Å². The van der Waals surface area contributed by atoms with Crippen molar-refractivity contribution in [3.63, 3.8) is 0 Å². The van der Waals surface area contributed by atoms with Crippen LogP contribution in [-0.2, 0) is 14.3 Å². The summed E-state index contributed by atoms with van der Waals surface area (Å²) in [4.78, 5) is 39.8. The third kappa shape index (κ3) is 3.66. The largest absolute Gasteiger partial charge is 0.493 e. The van der Waals surface area contributed by atoms with Gasteiger partial charge in [-0.2, -0.15) is 0 Å². The van der Waals surface area contributed by atoms with Gasteiger partial charge in [-0.1, -0.05) is 26.0 Å². The average Bonchev–Trinajstić information content (AvgIpc) is 3.32. The molecule has 0 aliphatic carbocycles. The lowest BCUT2D eigenvalue weighted by atomic mass is 10.0. The first-order valence-electron chi connectivity index (χ1n) is 10.5. The molecule has 0 aromatic heterocycles. The summed E-state index contributed by atoms with van der Waals surface area (Å²) in [5.74, 6) is -0.177. The van der Waals surface area contributed by atoms with E-state index in [0.717, 1.165) is 0 Å². The Kier molecular flexibility index (Phi) is 5.78. The molecule has 2 atom stereocenters. The first kappa shape index (κ1) is 21.7. The number of amides is 2. The molecular formula is C24H26N2O6. The van der Waals surface area contributed by atoms with Gasteiger partial charge in [0.15, 0.2) is 11.5 Å². The fourth-order valence-electron chi connectivity index (χ4n) is 4.22. The number of ether oxygens (including phenoxy) is 3. The van der Waals surface area contributed by atoms with Crippen molar-refractivity contribution in [3.05, 3.63) is 53.1 Å². The lowest BCUT2D eigenvalue weighted by Gasteiger charge is -2.29. The van der Waals surface area contributed by atoms with Gasteiger partial charge in [-0.15, -0.1) is 0 Å². The predicted molar refractivity (Wildman–Crippen MR) is 117 cm³/mol. The smallest absolute Gasteiger partial charge is 0.344 e. The fourth-order valence-corrected chi connectivity index (χ4v) is 4.22. The molecule has 2 aromatic carbocycles. The molecule has 0 bridgehead atoms. The molecule has 0 saturated carbocycles. The van der Waals surface area contributed by atoms with Crippen LogP contribution in [0.25, 0.3) is 0 Å². The van der Waals surface area contributed by atoms with Crippen molar-refractivity contribution in [2.75, 3.05) is 19.5 Å². The third-order valence-electron chi connectivity index (χ3n) is 5.92. The maximum absolute atomic E-state index is 13.1. The number of likely N-dealkylation sites (tertiary alicyclic amines) is 1. The second-order valence-electron chi connectivity index (χ2n) is 8.14. The molecule has 168 valence electrons. The maximum atomic E-state index is 13.1. The molecule has 2 aliphatic rings. The topological polar surface area (TPSA) is 94.2 Å². The van der Waals surface area contributed by atoms with Crippen molar-refractivity contribution < 1.29 is 28.6 Å². The summed E-state index contributed by atoms with van der Waals surface area (Å²) in [6.07, 6.45) is -0.460. The normalized spacial score (nSPS) is 19.7. The molecule has 8 nitrogen and oxygen atoms in total. The predicted octanol–water partition coefficient (Wildman–Crippen LogP) is 3.63. The van der Waals surface area contributed by atoms with E-state index in [1.807, 2.05) is 24.3 Å². The molecule has 1 N–H and O–H groups in total. The lowest BCUT2D eigenvalue weighted by Crippen LogP contribution is -2.43. The summed E-state index contributed by atoms with van der Waals surface area (Å²) < 4.78 is 16.2. The van der Waals surface area contributed by atoms with Crippen molar-refractivity contribution >= 4 is 23.5 Å². The lowest BCUT2D eigenvalue weighted by molar-refractivity contribution is -0.144. The van der Waals surface area contributed by atoms with Gasteiger partial charge in [0.2, 0.25) is 18.0 Å². The number of carbonyl (C=O) groups excluding carboxylic acids is 3. The summed E-state index contributed by atoms with van der Waals surface area (Å²) in [6.45, 7) is 4.20. The SMILES string of the molecule is COc1ccc2c(c1OC)C(=O)O[C@H]2N1C(=O)CC[C@@H]1C(=O)Nc1ccc(C(C)C)cc1. The highest BCUT2D eigenvalue weighted by molar-refractivity contribution is 6.01. The van der Waals surface area contributed by atoms with Crippen molar-refractivity contribution in [3.8, 4) is 11.5 Å². The van der Waals surface area contributed by atoms with E-state index in [-0.39, 0.29) is 29.5 Å². The maximum Gasteiger partial charge on any atom is 0.344 e. The molecule has 8 heteroatoms. The van der Waals surface area contributed by atoms with Crippen LogP contribution in [-0.4, -0.2) is 42.9 Å². The first-order valence-corrected chi connectivity index (χ1v) is 10.5. The molecule has 4 rings (SSSR count). The molecule has 1 saturated heterocycles. The van der Waals surface area contributed by atoms with Gasteiger partial charge in [0, 0.05) is 17.7 Å². The summed E-state index contributed by atoms with van der Waals surface area (Å²) in [5.41, 5.74) is 2.50. The van der Waals surface area contributed by atoms with E-state index in [1.165, 1.54) is 24.7 Å². The van der Waals surface area contributed by atoms with Gasteiger partial charge in [-0.3, -0.25) is 14.5 Å². The Balaban J connectivity index is 1.60. The van der Waals surface area contributed by atoms with E-state index < -0.39 is 18.2 Å². The van der Waals surface area contributed by atoms with E-state index in [4.69, 9.17) is 14.2 Å². The number of methoxy groups -OCH3 is 2. The summed E-state index contributed by atoms with van der Waals surface area (Å²) in [7, 11) is 2.90. The van der Waals surface area contributed by atoms with E-state index in [0.29, 0.717) is 29.3 Å². The molecule has 32 heavy (non-hydrogen) atoms. The van der Waals surface area contributed by atoms with Crippen LogP contribution in [0.5, 0.6) is 11.5 Å². The van der Waals surface area contributed by atoms with Crippen molar-refractivity contribution in [2.24, 2.45) is 0 Å². The summed E-state index contributed by atoms with van der Waals surface area (Å²) in [5, 5.41) is 2.88. The Hall–Kier alpha value is -3.55. The van der Waals surface area contributed by atoms with Gasteiger partial charge in [0.05, 0.1) is 14.2 Å². The van der Waals surface area contributed by atoms with Gasteiger partial charge in [0.1, 0.15) is 11.6 Å². The highest BCUT2D eigenvalue weighted by Crippen LogP contribution is 2.45. The van der Waals surface area contributed by atoms with Crippen LogP contribution in [0.15, 0.2) is 36.4 Å². The number of hydrogen-bond donors (Lipinski definition) is 1. The van der Waals surface area contributed by atoms with Gasteiger partial charge >= 0.3 is 5.97 Å². The molecule has 2 aromatic rings. The number of cyclic esters (lactones) is 1. The number of benzene rings is 2. The minimum absolute atomic E-state index is 0.195. The zero-order valence-electron chi connectivity index (χ0n) is 18.5. The average molecular weight is 438 g/mol. The van der Waals surface area contributed by atoms with Gasteiger partial charge < -0.3 is 19.5 Å². The van der Waals surface area contributed by atoms with E-state index in [9.17, 15) is 14.4 Å². The van der Waals surface area contributed by atoms with Gasteiger partial charge in [0.25, 0.3) is 0 Å². The number of nitrogens with zero attached hydrogens (tertiary/aromatic N) is 1. The summed E-state index contributed by atoms with van der Waals surface area (Å²) in [6, 6.07) is 10.2. The third-order valence-corrected chi connectivity index (χ3v) is 5.92. The number of esters is 1.